The normalized spacial score (nSPS) is 11.3. The first-order valence-corrected chi connectivity index (χ1v) is 19.8. The first kappa shape index (κ1) is 40.3. The van der Waals surface area contributed by atoms with Crippen LogP contribution in [0.25, 0.3) is 78.4 Å². The Kier molecular flexibility index (Phi) is 11.7. The first-order valence-electron chi connectivity index (χ1n) is 19.8. The van der Waals surface area contributed by atoms with Crippen LogP contribution in [0.3, 0.4) is 0 Å². The lowest BCUT2D eigenvalue weighted by atomic mass is 10.1. The van der Waals surface area contributed by atoms with Gasteiger partial charge in [0, 0.05) is 36.1 Å². The summed E-state index contributed by atoms with van der Waals surface area (Å²) in [6.07, 6.45) is 12.7. The molecule has 10 nitrogen and oxygen atoms in total. The average Bonchev–Trinajstić information content (AvgIpc) is 3.88. The number of fused-ring (bicyclic) bond motifs is 6. The molecule has 0 radical (unpaired) electrons. The first-order chi connectivity index (χ1) is 28.6. The van der Waals surface area contributed by atoms with Gasteiger partial charge in [-0.25, -0.2) is 19.1 Å². The van der Waals surface area contributed by atoms with E-state index in [9.17, 15) is 9.59 Å². The Balaban J connectivity index is 0.00000249. The summed E-state index contributed by atoms with van der Waals surface area (Å²) in [5, 5.41) is 0. The predicted molar refractivity (Wildman–Crippen MR) is 227 cm³/mol. The van der Waals surface area contributed by atoms with Gasteiger partial charge in [0.1, 0.15) is 35.5 Å². The van der Waals surface area contributed by atoms with E-state index in [1.807, 2.05) is 118 Å². The summed E-state index contributed by atoms with van der Waals surface area (Å²) in [7, 11) is 0. The minimum absolute atomic E-state index is 0. The van der Waals surface area contributed by atoms with Crippen LogP contribution in [-0.4, -0.2) is 28.7 Å². The largest absolute Gasteiger partial charge is 1.00 e. The molecule has 2 N–H and O–H groups in total. The second kappa shape index (κ2) is 17.4. The Morgan fingerprint density at radius 3 is 1.27 bits per heavy atom. The molecule has 0 fully saturated rings. The van der Waals surface area contributed by atoms with Crippen LogP contribution in [-0.2, 0) is 13.1 Å². The summed E-state index contributed by atoms with van der Waals surface area (Å²) in [5.41, 5.74) is 9.13. The van der Waals surface area contributed by atoms with Crippen molar-refractivity contribution >= 4 is 33.1 Å². The standard InChI is InChI=1S/C48H38N8O2.2BrH/c57-47-43-41(33-17-5-3-6-18-33)51-45(55(43)39-25-11-9-23-37(39)49-47)35-21-15-29-53(31-35)27-13-1-2-14-28-54-30-16-22-36(32-54)46-52-42(34-19-7-4-8-20-34)44-48(58)50-38-24-10-12-26-40(38)56(44)46;;/h3-12,15-26,29-32H,1-2,13-14,27-28H2;2*1H. The summed E-state index contributed by atoms with van der Waals surface area (Å²) in [5.74, 6) is 1.48. The van der Waals surface area contributed by atoms with Gasteiger partial charge < -0.3 is 43.9 Å². The molecule has 10 aromatic rings. The zero-order valence-electron chi connectivity index (χ0n) is 32.5. The third kappa shape index (κ3) is 7.48. The molecule has 0 spiro atoms. The average molecular weight is 921 g/mol. The number of hydrogen-bond acceptors (Lipinski definition) is 4. The molecule has 0 bridgehead atoms. The van der Waals surface area contributed by atoms with Crippen LogP contribution in [0.15, 0.2) is 168 Å². The molecule has 298 valence electrons. The van der Waals surface area contributed by atoms with E-state index in [1.54, 1.807) is 0 Å². The van der Waals surface area contributed by atoms with Crippen molar-refractivity contribution in [3.63, 3.8) is 0 Å². The number of hydrogen-bond donors (Lipinski definition) is 2. The molecule has 0 saturated heterocycles. The van der Waals surface area contributed by atoms with Gasteiger partial charge in [0.05, 0.1) is 33.2 Å². The number of rotatable bonds is 11. The van der Waals surface area contributed by atoms with Gasteiger partial charge in [0.2, 0.25) is 0 Å². The summed E-state index contributed by atoms with van der Waals surface area (Å²) < 4.78 is 8.45. The Bertz CT molecular complexity index is 3030. The molecule has 0 saturated carbocycles. The predicted octanol–water partition coefficient (Wildman–Crippen LogP) is 2.18. The molecule has 10 rings (SSSR count). The van der Waals surface area contributed by atoms with Crippen LogP contribution in [0.1, 0.15) is 25.7 Å². The molecule has 0 unspecified atom stereocenters. The van der Waals surface area contributed by atoms with Crippen molar-refractivity contribution in [1.29, 1.82) is 0 Å². The van der Waals surface area contributed by atoms with Crippen LogP contribution in [0.5, 0.6) is 0 Å². The number of aromatic nitrogens is 8. The molecular weight excluding hydrogens is 880 g/mol. The maximum Gasteiger partial charge on any atom is 0.275 e. The minimum Gasteiger partial charge on any atom is -1.00 e. The molecule has 0 amide bonds. The number of nitrogens with one attached hydrogen (secondary N) is 2. The topological polar surface area (TPSA) is 108 Å². The van der Waals surface area contributed by atoms with Crippen LogP contribution < -0.4 is 54.2 Å². The Labute approximate surface area is 366 Å². The monoisotopic (exact) mass is 918 g/mol. The van der Waals surface area contributed by atoms with Gasteiger partial charge in [-0.05, 0) is 49.2 Å². The van der Waals surface area contributed by atoms with Gasteiger partial charge in [-0.15, -0.1) is 0 Å². The van der Waals surface area contributed by atoms with Crippen LogP contribution >= 0.6 is 0 Å². The molecule has 60 heavy (non-hydrogen) atoms. The number of aromatic amines is 2. The minimum atomic E-state index is -0.164. The smallest absolute Gasteiger partial charge is 0.275 e. The Morgan fingerprint density at radius 2 is 0.833 bits per heavy atom. The fourth-order valence-electron chi connectivity index (χ4n) is 8.15. The number of halogens is 2. The molecule has 0 atom stereocenters. The number of para-hydroxylation sites is 4. The molecule has 6 aromatic heterocycles. The zero-order chi connectivity index (χ0) is 39.0. The van der Waals surface area contributed by atoms with Gasteiger partial charge >= 0.3 is 0 Å². The lowest BCUT2D eigenvalue weighted by Gasteiger charge is -2.06. The molecule has 0 aliphatic rings. The van der Waals surface area contributed by atoms with Gasteiger partial charge in [-0.2, -0.15) is 0 Å². The molecule has 6 heterocycles. The van der Waals surface area contributed by atoms with E-state index in [1.165, 1.54) is 0 Å². The van der Waals surface area contributed by atoms with Crippen molar-refractivity contribution in [2.75, 3.05) is 0 Å². The molecule has 12 heteroatoms. The van der Waals surface area contributed by atoms with Gasteiger partial charge in [0.15, 0.2) is 36.4 Å². The van der Waals surface area contributed by atoms with Crippen LogP contribution in [0, 0.1) is 0 Å². The summed E-state index contributed by atoms with van der Waals surface area (Å²) in [6.45, 7) is 1.74. The van der Waals surface area contributed by atoms with E-state index in [-0.39, 0.29) is 45.1 Å². The number of aryl methyl sites for hydroxylation is 2. The third-order valence-electron chi connectivity index (χ3n) is 10.9. The number of pyridine rings is 2. The highest BCUT2D eigenvalue weighted by molar-refractivity contribution is 5.89. The van der Waals surface area contributed by atoms with Crippen molar-refractivity contribution in [1.82, 2.24) is 28.7 Å². The summed E-state index contributed by atoms with van der Waals surface area (Å²) in [4.78, 5) is 43.4. The zero-order valence-corrected chi connectivity index (χ0v) is 35.7. The van der Waals surface area contributed by atoms with Crippen molar-refractivity contribution < 1.29 is 43.1 Å². The Morgan fingerprint density at radius 1 is 0.450 bits per heavy atom. The van der Waals surface area contributed by atoms with E-state index in [4.69, 9.17) is 9.97 Å². The van der Waals surface area contributed by atoms with Gasteiger partial charge in [-0.1, -0.05) is 84.9 Å². The van der Waals surface area contributed by atoms with E-state index in [0.717, 1.165) is 94.7 Å². The Hall–Kier alpha value is -6.50. The molecule has 0 aliphatic heterocycles. The lowest BCUT2D eigenvalue weighted by Crippen LogP contribution is -3.00. The van der Waals surface area contributed by atoms with Crippen molar-refractivity contribution in [3.05, 3.63) is 179 Å². The number of H-pyrrole nitrogens is 2. The lowest BCUT2D eigenvalue weighted by molar-refractivity contribution is -0.698. The quantitative estimate of drug-likeness (QED) is 0.153. The van der Waals surface area contributed by atoms with Crippen molar-refractivity contribution in [3.8, 4) is 45.3 Å². The highest BCUT2D eigenvalue weighted by Crippen LogP contribution is 2.31. The second-order valence-corrected chi connectivity index (χ2v) is 14.7. The number of benzene rings is 4. The summed E-state index contributed by atoms with van der Waals surface area (Å²) in [6, 6.07) is 43.8. The van der Waals surface area contributed by atoms with E-state index in [0.29, 0.717) is 22.4 Å². The number of imidazole rings is 2. The highest BCUT2D eigenvalue weighted by Gasteiger charge is 2.23. The third-order valence-corrected chi connectivity index (χ3v) is 10.9. The van der Waals surface area contributed by atoms with E-state index in [2.05, 4.69) is 68.2 Å². The molecule has 4 aromatic carbocycles. The summed E-state index contributed by atoms with van der Waals surface area (Å²) >= 11 is 0. The number of nitrogens with zero attached hydrogens (tertiary/aromatic N) is 6. The van der Waals surface area contributed by atoms with E-state index >= 15 is 0 Å². The maximum atomic E-state index is 13.5. The number of unbranched alkanes of at least 4 members (excludes halogenated alkanes) is 3. The maximum absolute atomic E-state index is 13.5. The molecule has 0 aliphatic carbocycles. The fourth-order valence-corrected chi connectivity index (χ4v) is 8.15. The van der Waals surface area contributed by atoms with Crippen LogP contribution in [0.4, 0.5) is 0 Å². The fraction of sp³-hybridized carbons (Fsp3) is 0.125. The van der Waals surface area contributed by atoms with Crippen molar-refractivity contribution in [2.24, 2.45) is 0 Å². The van der Waals surface area contributed by atoms with Gasteiger partial charge in [0.25, 0.3) is 11.1 Å². The molecular formula is C48H40Br2N8O2. The van der Waals surface area contributed by atoms with Crippen molar-refractivity contribution in [2.45, 2.75) is 38.8 Å². The van der Waals surface area contributed by atoms with Crippen LogP contribution in [0.2, 0.25) is 0 Å². The second-order valence-electron chi connectivity index (χ2n) is 14.7. The van der Waals surface area contributed by atoms with Gasteiger partial charge in [-0.3, -0.25) is 18.4 Å². The highest BCUT2D eigenvalue weighted by atomic mass is 79.9. The SMILES string of the molecule is O=c1[nH]c2ccccc2n2c(-c3ccc[n+](CCCCCC[n+]4cccc(-c5nc(-c6ccccc6)c6c(=O)[nH]c7ccccc7n56)c4)c3)nc(-c3ccccc3)c12.[Br-].[Br-]. The van der Waals surface area contributed by atoms with E-state index < -0.39 is 0 Å².